The second kappa shape index (κ2) is 8.28. The Hall–Kier alpha value is -1.89. The molecule has 3 rings (SSSR count). The lowest BCUT2D eigenvalue weighted by Crippen LogP contribution is -2.45. The van der Waals surface area contributed by atoms with E-state index < -0.39 is 0 Å². The number of hydrogen-bond donors (Lipinski definition) is 3. The van der Waals surface area contributed by atoms with Crippen LogP contribution >= 0.6 is 0 Å². The molecule has 24 heavy (non-hydrogen) atoms. The van der Waals surface area contributed by atoms with Crippen LogP contribution in [0, 0.1) is 0 Å². The molecule has 0 radical (unpaired) electrons. The molecule has 0 unspecified atom stereocenters. The van der Waals surface area contributed by atoms with Gasteiger partial charge in [0.1, 0.15) is 6.54 Å². The predicted octanol–water partition coefficient (Wildman–Crippen LogP) is 0.814. The van der Waals surface area contributed by atoms with Crippen molar-refractivity contribution in [3.63, 3.8) is 0 Å². The van der Waals surface area contributed by atoms with E-state index in [1.807, 2.05) is 0 Å². The van der Waals surface area contributed by atoms with Crippen LogP contribution in [-0.2, 0) is 11.3 Å². The van der Waals surface area contributed by atoms with Gasteiger partial charge in [0.15, 0.2) is 0 Å². The van der Waals surface area contributed by atoms with Gasteiger partial charge in [-0.2, -0.15) is 5.10 Å². The highest BCUT2D eigenvalue weighted by Crippen LogP contribution is 2.17. The second-order valence-electron chi connectivity index (χ2n) is 6.85. The summed E-state index contributed by atoms with van der Waals surface area (Å²) < 4.78 is 1.53. The fourth-order valence-corrected chi connectivity index (χ4v) is 3.48. The zero-order valence-electron chi connectivity index (χ0n) is 14.1. The number of piperidine rings is 1. The highest BCUT2D eigenvalue weighted by Gasteiger charge is 2.19. The van der Waals surface area contributed by atoms with Gasteiger partial charge in [-0.1, -0.05) is 19.3 Å². The van der Waals surface area contributed by atoms with Crippen LogP contribution in [0.3, 0.4) is 0 Å². The van der Waals surface area contributed by atoms with Crippen molar-refractivity contribution in [2.75, 3.05) is 13.1 Å². The molecule has 2 fully saturated rings. The number of nitrogens with zero attached hydrogens (tertiary/aromatic N) is 2. The quantitative estimate of drug-likeness (QED) is 0.744. The molecule has 1 saturated heterocycles. The summed E-state index contributed by atoms with van der Waals surface area (Å²) in [6.07, 6.45) is 11.0. The normalized spacial score (nSPS) is 22.1. The van der Waals surface area contributed by atoms with E-state index in [0.29, 0.717) is 11.6 Å². The largest absolute Gasteiger partial charge is 0.352 e. The summed E-state index contributed by atoms with van der Waals surface area (Å²) in [5.41, 5.74) is 0.506. The van der Waals surface area contributed by atoms with Crippen LogP contribution in [0.15, 0.2) is 12.4 Å². The Kier molecular flexibility index (Phi) is 5.85. The average Bonchev–Trinajstić information content (AvgIpc) is 3.05. The smallest absolute Gasteiger partial charge is 0.254 e. The van der Waals surface area contributed by atoms with Crippen LogP contribution in [-0.4, -0.2) is 46.8 Å². The molecule has 2 amide bonds. The molecule has 0 spiro atoms. The van der Waals surface area contributed by atoms with Gasteiger partial charge in [-0.3, -0.25) is 14.3 Å². The third-order valence-electron chi connectivity index (χ3n) is 4.80. The van der Waals surface area contributed by atoms with Crippen LogP contribution in [0.5, 0.6) is 0 Å². The fraction of sp³-hybridized carbons (Fsp3) is 0.706. The van der Waals surface area contributed by atoms with E-state index >= 15 is 0 Å². The van der Waals surface area contributed by atoms with Gasteiger partial charge in [-0.25, -0.2) is 0 Å². The average molecular weight is 333 g/mol. The van der Waals surface area contributed by atoms with E-state index in [0.717, 1.165) is 38.8 Å². The molecule has 0 aromatic carbocycles. The van der Waals surface area contributed by atoms with E-state index in [1.54, 1.807) is 6.20 Å². The molecular weight excluding hydrogens is 306 g/mol. The molecule has 7 heteroatoms. The number of nitrogens with one attached hydrogen (secondary N) is 3. The lowest BCUT2D eigenvalue weighted by Gasteiger charge is -2.23. The summed E-state index contributed by atoms with van der Waals surface area (Å²) in [7, 11) is 0. The maximum absolute atomic E-state index is 12.2. The topological polar surface area (TPSA) is 88.1 Å². The minimum atomic E-state index is -0.123. The van der Waals surface area contributed by atoms with Gasteiger partial charge in [-0.05, 0) is 32.2 Å². The summed E-state index contributed by atoms with van der Waals surface area (Å²) in [6, 6.07) is 0.465. The number of rotatable bonds is 5. The number of amides is 2. The Balaban J connectivity index is 1.47. The minimum Gasteiger partial charge on any atom is -0.352 e. The lowest BCUT2D eigenvalue weighted by atomic mass is 9.95. The summed E-state index contributed by atoms with van der Waals surface area (Å²) in [6.45, 7) is 1.98. The number of aromatic nitrogens is 2. The van der Waals surface area contributed by atoms with E-state index in [1.165, 1.54) is 30.1 Å². The van der Waals surface area contributed by atoms with Crippen LogP contribution in [0.25, 0.3) is 0 Å². The van der Waals surface area contributed by atoms with Gasteiger partial charge in [-0.15, -0.1) is 0 Å². The Morgan fingerprint density at radius 1 is 1.12 bits per heavy atom. The summed E-state index contributed by atoms with van der Waals surface area (Å²) in [5, 5.41) is 13.5. The fourth-order valence-electron chi connectivity index (χ4n) is 3.48. The van der Waals surface area contributed by atoms with Crippen LogP contribution in [0.2, 0.25) is 0 Å². The van der Waals surface area contributed by atoms with Gasteiger partial charge < -0.3 is 16.0 Å². The first-order chi connectivity index (χ1) is 11.7. The Labute approximate surface area is 142 Å². The number of carbonyl (C=O) groups is 2. The van der Waals surface area contributed by atoms with E-state index in [4.69, 9.17) is 0 Å². The monoisotopic (exact) mass is 333 g/mol. The molecule has 2 heterocycles. The molecule has 132 valence electrons. The summed E-state index contributed by atoms with van der Waals surface area (Å²) in [5.74, 6) is -0.156. The third-order valence-corrected chi connectivity index (χ3v) is 4.80. The second-order valence-corrected chi connectivity index (χ2v) is 6.85. The maximum Gasteiger partial charge on any atom is 0.254 e. The molecule has 1 aromatic rings. The van der Waals surface area contributed by atoms with Crippen LogP contribution in [0.4, 0.5) is 0 Å². The molecule has 1 aromatic heterocycles. The predicted molar refractivity (Wildman–Crippen MR) is 90.6 cm³/mol. The van der Waals surface area contributed by atoms with Gasteiger partial charge in [0.25, 0.3) is 5.91 Å². The Morgan fingerprint density at radius 2 is 1.92 bits per heavy atom. The molecule has 7 nitrogen and oxygen atoms in total. The van der Waals surface area contributed by atoms with E-state index in [9.17, 15) is 9.59 Å². The van der Waals surface area contributed by atoms with Crippen molar-refractivity contribution >= 4 is 11.8 Å². The molecular formula is C17H27N5O2. The molecule has 1 aliphatic carbocycles. The van der Waals surface area contributed by atoms with Crippen molar-refractivity contribution in [1.29, 1.82) is 0 Å². The zero-order chi connectivity index (χ0) is 16.8. The third kappa shape index (κ3) is 4.80. The van der Waals surface area contributed by atoms with Crippen LogP contribution in [0.1, 0.15) is 55.3 Å². The highest BCUT2D eigenvalue weighted by molar-refractivity contribution is 5.94. The molecule has 1 aliphatic heterocycles. The number of carbonyl (C=O) groups excluding carboxylic acids is 2. The zero-order valence-corrected chi connectivity index (χ0v) is 14.1. The van der Waals surface area contributed by atoms with Gasteiger partial charge in [0.05, 0.1) is 11.8 Å². The first-order valence-corrected chi connectivity index (χ1v) is 9.04. The van der Waals surface area contributed by atoms with Gasteiger partial charge in [0.2, 0.25) is 5.91 Å². The van der Waals surface area contributed by atoms with Crippen molar-refractivity contribution in [3.05, 3.63) is 18.0 Å². The van der Waals surface area contributed by atoms with E-state index in [-0.39, 0.29) is 24.4 Å². The van der Waals surface area contributed by atoms with Crippen molar-refractivity contribution < 1.29 is 9.59 Å². The van der Waals surface area contributed by atoms with Crippen molar-refractivity contribution in [2.45, 2.75) is 63.6 Å². The first kappa shape index (κ1) is 17.0. The Morgan fingerprint density at radius 3 is 2.67 bits per heavy atom. The van der Waals surface area contributed by atoms with Gasteiger partial charge in [0, 0.05) is 24.8 Å². The molecule has 1 atom stereocenters. The molecule has 0 bridgehead atoms. The summed E-state index contributed by atoms with van der Waals surface area (Å²) >= 11 is 0. The van der Waals surface area contributed by atoms with Crippen molar-refractivity contribution in [2.24, 2.45) is 0 Å². The van der Waals surface area contributed by atoms with Crippen molar-refractivity contribution in [1.82, 2.24) is 25.7 Å². The Bertz CT molecular complexity index is 559. The highest BCUT2D eigenvalue weighted by atomic mass is 16.2. The molecule has 3 N–H and O–H groups in total. The lowest BCUT2D eigenvalue weighted by molar-refractivity contribution is -0.122. The SMILES string of the molecule is O=C(Cn1cc(C(=O)N[C@H]2CCCNC2)cn1)NC1CCCCC1. The standard InChI is InChI=1S/C17H27N5O2/c23-16(20-14-5-2-1-3-6-14)12-22-11-13(9-19-22)17(24)21-15-7-4-8-18-10-15/h9,11,14-15,18H,1-8,10,12H2,(H,20,23)(H,21,24)/t15-/m0/s1. The van der Waals surface area contributed by atoms with Crippen molar-refractivity contribution in [3.8, 4) is 0 Å². The first-order valence-electron chi connectivity index (χ1n) is 9.04. The minimum absolute atomic E-state index is 0.0339. The van der Waals surface area contributed by atoms with Crippen LogP contribution < -0.4 is 16.0 Å². The molecule has 2 aliphatic rings. The molecule has 1 saturated carbocycles. The summed E-state index contributed by atoms with van der Waals surface area (Å²) in [4.78, 5) is 24.3. The van der Waals surface area contributed by atoms with E-state index in [2.05, 4.69) is 21.0 Å². The maximum atomic E-state index is 12.2. The van der Waals surface area contributed by atoms with Gasteiger partial charge >= 0.3 is 0 Å². The number of hydrogen-bond acceptors (Lipinski definition) is 4.